The summed E-state index contributed by atoms with van der Waals surface area (Å²) in [7, 11) is 0. The van der Waals surface area contributed by atoms with Crippen LogP contribution in [0.5, 0.6) is 0 Å². The molecule has 0 aromatic heterocycles. The van der Waals surface area contributed by atoms with Crippen molar-refractivity contribution in [3.05, 3.63) is 33.8 Å². The highest BCUT2D eigenvalue weighted by atomic mass is 79.9. The molecule has 0 aliphatic carbocycles. The molecule has 1 aromatic carbocycles. The highest BCUT2D eigenvalue weighted by Crippen LogP contribution is 2.34. The summed E-state index contributed by atoms with van der Waals surface area (Å²) >= 11 is 3.50. The van der Waals surface area contributed by atoms with Crippen LogP contribution in [0.3, 0.4) is 0 Å². The molecule has 1 N–H and O–H groups in total. The van der Waals surface area contributed by atoms with Crippen molar-refractivity contribution in [1.82, 2.24) is 4.90 Å². The number of ether oxygens (including phenoxy) is 1. The van der Waals surface area contributed by atoms with Gasteiger partial charge in [0.15, 0.2) is 0 Å². The number of carbonyl (C=O) groups excluding carboxylic acids is 1. The van der Waals surface area contributed by atoms with E-state index in [0.29, 0.717) is 31.7 Å². The Morgan fingerprint density at radius 1 is 1.25 bits per heavy atom. The molecule has 1 unspecified atom stereocenters. The van der Waals surface area contributed by atoms with Crippen LogP contribution in [-0.2, 0) is 9.53 Å². The SMILES string of the molecule is Cc1cccc(C(=O)N2CCC([C@@H]3OCCC3C(=O)O)CC2)c1Br. The first-order valence-electron chi connectivity index (χ1n) is 8.38. The monoisotopic (exact) mass is 395 g/mol. The molecule has 0 saturated carbocycles. The van der Waals surface area contributed by atoms with Crippen LogP contribution in [0.15, 0.2) is 22.7 Å². The number of nitrogens with zero attached hydrogens (tertiary/aromatic N) is 1. The van der Waals surface area contributed by atoms with Gasteiger partial charge in [-0.3, -0.25) is 9.59 Å². The van der Waals surface area contributed by atoms with E-state index in [1.54, 1.807) is 0 Å². The smallest absolute Gasteiger partial charge is 0.309 e. The summed E-state index contributed by atoms with van der Waals surface area (Å²) in [5.41, 5.74) is 1.73. The number of aryl methyl sites for hydroxylation is 1. The summed E-state index contributed by atoms with van der Waals surface area (Å²) in [6.45, 7) is 3.79. The van der Waals surface area contributed by atoms with Crippen molar-refractivity contribution < 1.29 is 19.4 Å². The Morgan fingerprint density at radius 2 is 1.96 bits per heavy atom. The number of hydrogen-bond donors (Lipinski definition) is 1. The van der Waals surface area contributed by atoms with E-state index < -0.39 is 11.9 Å². The van der Waals surface area contributed by atoms with Crippen molar-refractivity contribution >= 4 is 27.8 Å². The Bertz CT molecular complexity index is 640. The highest BCUT2D eigenvalue weighted by molar-refractivity contribution is 9.10. The minimum Gasteiger partial charge on any atom is -0.481 e. The molecule has 2 fully saturated rings. The van der Waals surface area contributed by atoms with Crippen molar-refractivity contribution in [1.29, 1.82) is 0 Å². The van der Waals surface area contributed by atoms with Gasteiger partial charge in [0, 0.05) is 24.2 Å². The van der Waals surface area contributed by atoms with Crippen LogP contribution >= 0.6 is 15.9 Å². The summed E-state index contributed by atoms with van der Waals surface area (Å²) in [6.07, 6.45) is 1.98. The van der Waals surface area contributed by atoms with Gasteiger partial charge in [-0.2, -0.15) is 0 Å². The Hall–Kier alpha value is -1.40. The molecule has 6 heteroatoms. The molecule has 2 saturated heterocycles. The van der Waals surface area contributed by atoms with E-state index >= 15 is 0 Å². The van der Waals surface area contributed by atoms with Crippen molar-refractivity contribution in [3.63, 3.8) is 0 Å². The van der Waals surface area contributed by atoms with Crippen LogP contribution in [-0.4, -0.2) is 47.7 Å². The Kier molecular flexibility index (Phi) is 5.25. The molecule has 0 bridgehead atoms. The molecule has 24 heavy (non-hydrogen) atoms. The average molecular weight is 396 g/mol. The fraction of sp³-hybridized carbons (Fsp3) is 0.556. The molecular formula is C18H22BrNO4. The van der Waals surface area contributed by atoms with Gasteiger partial charge in [0.05, 0.1) is 17.6 Å². The number of rotatable bonds is 3. The molecule has 2 heterocycles. The van der Waals surface area contributed by atoms with Crippen LogP contribution < -0.4 is 0 Å². The number of carboxylic acid groups (broad SMARTS) is 1. The predicted molar refractivity (Wildman–Crippen MR) is 93.0 cm³/mol. The zero-order valence-electron chi connectivity index (χ0n) is 13.7. The maximum atomic E-state index is 12.7. The minimum absolute atomic E-state index is 0.0335. The Balaban J connectivity index is 1.64. The van der Waals surface area contributed by atoms with Crippen LogP contribution in [0, 0.1) is 18.8 Å². The molecule has 1 aromatic rings. The van der Waals surface area contributed by atoms with Crippen molar-refractivity contribution in [3.8, 4) is 0 Å². The molecule has 3 rings (SSSR count). The third-order valence-corrected chi connectivity index (χ3v) is 6.22. The number of likely N-dealkylation sites (tertiary alicyclic amines) is 1. The molecule has 5 nitrogen and oxygen atoms in total. The summed E-state index contributed by atoms with van der Waals surface area (Å²) in [5, 5.41) is 9.31. The van der Waals surface area contributed by atoms with Gasteiger partial charge in [-0.15, -0.1) is 0 Å². The number of piperidine rings is 1. The molecule has 2 atom stereocenters. The number of benzene rings is 1. The number of amides is 1. The lowest BCUT2D eigenvalue weighted by atomic mass is 9.84. The quantitative estimate of drug-likeness (QED) is 0.853. The lowest BCUT2D eigenvalue weighted by Crippen LogP contribution is -2.43. The number of hydrogen-bond acceptors (Lipinski definition) is 3. The average Bonchev–Trinajstić information content (AvgIpc) is 3.07. The van der Waals surface area contributed by atoms with Gasteiger partial charge in [0.2, 0.25) is 0 Å². The Morgan fingerprint density at radius 3 is 2.62 bits per heavy atom. The fourth-order valence-electron chi connectivity index (χ4n) is 3.75. The van der Waals surface area contributed by atoms with Crippen LogP contribution in [0.2, 0.25) is 0 Å². The van der Waals surface area contributed by atoms with Crippen molar-refractivity contribution in [2.45, 2.75) is 32.3 Å². The third kappa shape index (κ3) is 3.35. The third-order valence-electron chi connectivity index (χ3n) is 5.17. The number of halogens is 1. The van der Waals surface area contributed by atoms with Gasteiger partial charge in [-0.1, -0.05) is 12.1 Å². The first-order valence-corrected chi connectivity index (χ1v) is 9.17. The van der Waals surface area contributed by atoms with E-state index in [1.165, 1.54) is 0 Å². The first-order chi connectivity index (χ1) is 11.5. The second-order valence-corrected chi connectivity index (χ2v) is 7.43. The largest absolute Gasteiger partial charge is 0.481 e. The number of aliphatic carboxylic acids is 1. The van der Waals surface area contributed by atoms with Gasteiger partial charge in [0.1, 0.15) is 0 Å². The van der Waals surface area contributed by atoms with Crippen LogP contribution in [0.1, 0.15) is 35.2 Å². The summed E-state index contributed by atoms with van der Waals surface area (Å²) in [5.74, 6) is -0.910. The fourth-order valence-corrected chi connectivity index (χ4v) is 4.19. The zero-order valence-corrected chi connectivity index (χ0v) is 15.3. The van der Waals surface area contributed by atoms with Crippen LogP contribution in [0.25, 0.3) is 0 Å². The molecule has 2 aliphatic heterocycles. The van der Waals surface area contributed by atoms with Crippen molar-refractivity contribution in [2.24, 2.45) is 11.8 Å². The predicted octanol–water partition coefficient (Wildman–Crippen LogP) is 3.10. The first kappa shape index (κ1) is 17.4. The second-order valence-electron chi connectivity index (χ2n) is 6.63. The topological polar surface area (TPSA) is 66.8 Å². The summed E-state index contributed by atoms with van der Waals surface area (Å²) in [6, 6.07) is 5.70. The molecule has 2 aliphatic rings. The van der Waals surface area contributed by atoms with E-state index in [1.807, 2.05) is 30.0 Å². The van der Waals surface area contributed by atoms with Gasteiger partial charge in [-0.05, 0) is 59.7 Å². The molecule has 1 amide bonds. The highest BCUT2D eigenvalue weighted by Gasteiger charge is 2.40. The van der Waals surface area contributed by atoms with E-state index in [-0.39, 0.29) is 17.9 Å². The normalized spacial score (nSPS) is 25.0. The van der Waals surface area contributed by atoms with E-state index in [9.17, 15) is 14.7 Å². The molecule has 0 spiro atoms. The number of carbonyl (C=O) groups is 2. The molecule has 130 valence electrons. The number of carboxylic acids is 1. The van der Waals surface area contributed by atoms with Gasteiger partial charge in [0.25, 0.3) is 5.91 Å². The summed E-state index contributed by atoms with van der Waals surface area (Å²) < 4.78 is 6.54. The van der Waals surface area contributed by atoms with Gasteiger partial charge in [-0.25, -0.2) is 0 Å². The van der Waals surface area contributed by atoms with E-state index in [4.69, 9.17) is 4.74 Å². The minimum atomic E-state index is -0.764. The second kappa shape index (κ2) is 7.23. The maximum absolute atomic E-state index is 12.7. The zero-order chi connectivity index (χ0) is 17.3. The van der Waals surface area contributed by atoms with E-state index in [0.717, 1.165) is 22.9 Å². The van der Waals surface area contributed by atoms with Crippen LogP contribution in [0.4, 0.5) is 0 Å². The molecular weight excluding hydrogens is 374 g/mol. The Labute approximate surface area is 150 Å². The standard InChI is InChI=1S/C18H22BrNO4/c1-11-3-2-4-13(15(11)19)17(21)20-8-5-12(6-9-20)16-14(18(22)23)7-10-24-16/h2-4,12,14,16H,5-10H2,1H3,(H,22,23)/t14?,16-/m0/s1. The van der Waals surface area contributed by atoms with Crippen molar-refractivity contribution in [2.75, 3.05) is 19.7 Å². The van der Waals surface area contributed by atoms with Gasteiger partial charge < -0.3 is 14.7 Å². The maximum Gasteiger partial charge on any atom is 0.309 e. The molecule has 0 radical (unpaired) electrons. The van der Waals surface area contributed by atoms with E-state index in [2.05, 4.69) is 15.9 Å². The lowest BCUT2D eigenvalue weighted by Gasteiger charge is -2.35. The lowest BCUT2D eigenvalue weighted by molar-refractivity contribution is -0.145. The summed E-state index contributed by atoms with van der Waals surface area (Å²) in [4.78, 5) is 25.9. The van der Waals surface area contributed by atoms with Gasteiger partial charge >= 0.3 is 5.97 Å².